The predicted molar refractivity (Wildman–Crippen MR) is 119 cm³/mol. The molecule has 8 heteroatoms. The molecule has 1 aliphatic rings. The zero-order chi connectivity index (χ0) is 21.7. The van der Waals surface area contributed by atoms with Gasteiger partial charge < -0.3 is 5.32 Å². The molecule has 1 heterocycles. The summed E-state index contributed by atoms with van der Waals surface area (Å²) in [7, 11) is -3.52. The minimum Gasteiger partial charge on any atom is -0.348 e. The van der Waals surface area contributed by atoms with Crippen LogP contribution in [0.15, 0.2) is 53.4 Å². The number of carbonyl (C=O) groups excluding carboxylic acids is 1. The first kappa shape index (κ1) is 22.7. The Morgan fingerprint density at radius 3 is 2.37 bits per heavy atom. The maximum absolute atomic E-state index is 12.9. The van der Waals surface area contributed by atoms with Crippen LogP contribution >= 0.6 is 11.6 Å². The second-order valence-electron chi connectivity index (χ2n) is 7.69. The molecular formula is C22H28ClN3O3S. The van der Waals surface area contributed by atoms with Crippen LogP contribution < -0.4 is 5.32 Å². The standard InChI is InChI=1S/C22H28ClN3O3S/c1-17-4-10-21(11-5-17)30(28,29)26-13-3-12-25(14-15-26)16-22(27)24-18(2)19-6-8-20(23)9-7-19/h4-11,18H,3,12-16H2,1-2H3,(H,24,27)/t18-/m0/s1. The number of carbonyl (C=O) groups is 1. The summed E-state index contributed by atoms with van der Waals surface area (Å²) in [6.45, 7) is 6.14. The van der Waals surface area contributed by atoms with Crippen LogP contribution in [0.2, 0.25) is 5.02 Å². The Labute approximate surface area is 183 Å². The van der Waals surface area contributed by atoms with Gasteiger partial charge in [-0.05, 0) is 56.6 Å². The van der Waals surface area contributed by atoms with Crippen LogP contribution in [0.4, 0.5) is 0 Å². The Balaban J connectivity index is 1.55. The van der Waals surface area contributed by atoms with E-state index in [9.17, 15) is 13.2 Å². The molecule has 1 aliphatic heterocycles. The number of rotatable bonds is 6. The molecule has 0 saturated carbocycles. The summed E-state index contributed by atoms with van der Waals surface area (Å²) in [4.78, 5) is 14.8. The fraction of sp³-hybridized carbons (Fsp3) is 0.409. The first-order valence-corrected chi connectivity index (χ1v) is 11.9. The van der Waals surface area contributed by atoms with E-state index in [0.717, 1.165) is 11.1 Å². The van der Waals surface area contributed by atoms with E-state index < -0.39 is 10.0 Å². The van der Waals surface area contributed by atoms with Crippen molar-refractivity contribution in [1.29, 1.82) is 0 Å². The number of hydrogen-bond acceptors (Lipinski definition) is 4. The first-order valence-electron chi connectivity index (χ1n) is 10.1. The molecule has 0 spiro atoms. The number of nitrogens with zero attached hydrogens (tertiary/aromatic N) is 2. The monoisotopic (exact) mass is 449 g/mol. The normalized spacial score (nSPS) is 17.3. The lowest BCUT2D eigenvalue weighted by Gasteiger charge is -2.22. The average Bonchev–Trinajstić information content (AvgIpc) is 2.94. The highest BCUT2D eigenvalue weighted by atomic mass is 35.5. The second kappa shape index (κ2) is 9.92. The van der Waals surface area contributed by atoms with Crippen molar-refractivity contribution < 1.29 is 13.2 Å². The van der Waals surface area contributed by atoms with Gasteiger partial charge in [0, 0.05) is 24.7 Å². The number of hydrogen-bond donors (Lipinski definition) is 1. The van der Waals surface area contributed by atoms with Gasteiger partial charge in [0.05, 0.1) is 17.5 Å². The largest absolute Gasteiger partial charge is 0.348 e. The molecule has 0 aromatic heterocycles. The van der Waals surface area contributed by atoms with Gasteiger partial charge in [-0.1, -0.05) is 41.4 Å². The molecule has 1 N–H and O–H groups in total. The SMILES string of the molecule is Cc1ccc(S(=O)(=O)N2CCCN(CC(=O)N[C@@H](C)c3ccc(Cl)cc3)CC2)cc1. The third kappa shape index (κ3) is 5.82. The van der Waals surface area contributed by atoms with E-state index in [1.807, 2.05) is 43.0 Å². The number of benzene rings is 2. The molecule has 0 radical (unpaired) electrons. The molecular weight excluding hydrogens is 422 g/mol. The van der Waals surface area contributed by atoms with Crippen LogP contribution in [0, 0.1) is 6.92 Å². The van der Waals surface area contributed by atoms with E-state index in [4.69, 9.17) is 11.6 Å². The highest BCUT2D eigenvalue weighted by molar-refractivity contribution is 7.89. The summed E-state index contributed by atoms with van der Waals surface area (Å²) in [6, 6.07) is 14.2. The van der Waals surface area contributed by atoms with Crippen molar-refractivity contribution in [2.24, 2.45) is 0 Å². The highest BCUT2D eigenvalue weighted by Crippen LogP contribution is 2.19. The van der Waals surface area contributed by atoms with Gasteiger partial charge >= 0.3 is 0 Å². The average molecular weight is 450 g/mol. The third-order valence-corrected chi connectivity index (χ3v) is 7.49. The van der Waals surface area contributed by atoms with Gasteiger partial charge in [-0.25, -0.2) is 8.42 Å². The van der Waals surface area contributed by atoms with Crippen LogP contribution in [-0.2, 0) is 14.8 Å². The summed E-state index contributed by atoms with van der Waals surface area (Å²) in [5.74, 6) is -0.0766. The number of nitrogens with one attached hydrogen (secondary N) is 1. The van der Waals surface area contributed by atoms with E-state index in [1.165, 1.54) is 4.31 Å². The topological polar surface area (TPSA) is 69.7 Å². The smallest absolute Gasteiger partial charge is 0.243 e. The number of amides is 1. The first-order chi connectivity index (χ1) is 14.3. The molecule has 1 atom stereocenters. The molecule has 1 saturated heterocycles. The Kier molecular flexibility index (Phi) is 7.52. The van der Waals surface area contributed by atoms with Crippen LogP contribution in [0.1, 0.15) is 30.5 Å². The highest BCUT2D eigenvalue weighted by Gasteiger charge is 2.27. The molecule has 162 valence electrons. The van der Waals surface area contributed by atoms with Crippen LogP contribution in [-0.4, -0.2) is 56.3 Å². The summed E-state index contributed by atoms with van der Waals surface area (Å²) in [5, 5.41) is 3.66. The molecule has 3 rings (SSSR count). The molecule has 2 aromatic rings. The van der Waals surface area contributed by atoms with Crippen molar-refractivity contribution in [2.75, 3.05) is 32.7 Å². The summed E-state index contributed by atoms with van der Waals surface area (Å²) < 4.78 is 27.4. The van der Waals surface area contributed by atoms with Crippen molar-refractivity contribution in [3.8, 4) is 0 Å². The molecule has 1 amide bonds. The maximum atomic E-state index is 12.9. The van der Waals surface area contributed by atoms with Crippen LogP contribution in [0.5, 0.6) is 0 Å². The summed E-state index contributed by atoms with van der Waals surface area (Å²) in [5.41, 5.74) is 2.01. The van der Waals surface area contributed by atoms with Crippen LogP contribution in [0.25, 0.3) is 0 Å². The van der Waals surface area contributed by atoms with Crippen LogP contribution in [0.3, 0.4) is 0 Å². The minimum atomic E-state index is -3.52. The lowest BCUT2D eigenvalue weighted by Crippen LogP contribution is -2.40. The van der Waals surface area contributed by atoms with Crippen molar-refractivity contribution >= 4 is 27.5 Å². The molecule has 6 nitrogen and oxygen atoms in total. The Morgan fingerprint density at radius 1 is 1.03 bits per heavy atom. The molecule has 0 bridgehead atoms. The zero-order valence-electron chi connectivity index (χ0n) is 17.3. The second-order valence-corrected chi connectivity index (χ2v) is 10.1. The Hall–Kier alpha value is -1.93. The van der Waals surface area contributed by atoms with Crippen molar-refractivity contribution in [3.05, 3.63) is 64.7 Å². The van der Waals surface area contributed by atoms with E-state index >= 15 is 0 Å². The summed E-state index contributed by atoms with van der Waals surface area (Å²) >= 11 is 5.92. The quantitative estimate of drug-likeness (QED) is 0.735. The van der Waals surface area contributed by atoms with Crippen molar-refractivity contribution in [1.82, 2.24) is 14.5 Å². The van der Waals surface area contributed by atoms with Gasteiger partial charge in [-0.15, -0.1) is 0 Å². The zero-order valence-corrected chi connectivity index (χ0v) is 18.9. The minimum absolute atomic E-state index is 0.0766. The van der Waals surface area contributed by atoms with Gasteiger partial charge in [-0.3, -0.25) is 9.69 Å². The van der Waals surface area contributed by atoms with Gasteiger partial charge in [0.2, 0.25) is 15.9 Å². The molecule has 30 heavy (non-hydrogen) atoms. The van der Waals surface area contributed by atoms with E-state index in [2.05, 4.69) is 5.32 Å². The van der Waals surface area contributed by atoms with Gasteiger partial charge in [-0.2, -0.15) is 4.31 Å². The molecule has 0 aliphatic carbocycles. The summed E-state index contributed by atoms with van der Waals surface area (Å²) in [6.07, 6.45) is 0.686. The molecule has 0 unspecified atom stereocenters. The van der Waals surface area contributed by atoms with Gasteiger partial charge in [0.25, 0.3) is 0 Å². The van der Waals surface area contributed by atoms with E-state index in [-0.39, 0.29) is 18.5 Å². The Morgan fingerprint density at radius 2 is 1.70 bits per heavy atom. The van der Waals surface area contributed by atoms with Gasteiger partial charge in [0.1, 0.15) is 0 Å². The van der Waals surface area contributed by atoms with E-state index in [1.54, 1.807) is 24.3 Å². The van der Waals surface area contributed by atoms with E-state index in [0.29, 0.717) is 42.5 Å². The van der Waals surface area contributed by atoms with Crippen molar-refractivity contribution in [3.63, 3.8) is 0 Å². The number of halogens is 1. The third-order valence-electron chi connectivity index (χ3n) is 5.32. The number of sulfonamides is 1. The fourth-order valence-electron chi connectivity index (χ4n) is 3.53. The lowest BCUT2D eigenvalue weighted by atomic mass is 10.1. The Bertz CT molecular complexity index is 962. The molecule has 2 aromatic carbocycles. The van der Waals surface area contributed by atoms with Gasteiger partial charge in [0.15, 0.2) is 0 Å². The lowest BCUT2D eigenvalue weighted by molar-refractivity contribution is -0.122. The van der Waals surface area contributed by atoms with Crippen molar-refractivity contribution in [2.45, 2.75) is 31.2 Å². The fourth-order valence-corrected chi connectivity index (χ4v) is 5.13. The number of aryl methyl sites for hydroxylation is 1. The molecule has 1 fully saturated rings. The predicted octanol–water partition coefficient (Wildman–Crippen LogP) is 3.22. The maximum Gasteiger partial charge on any atom is 0.243 e.